The van der Waals surface area contributed by atoms with Crippen molar-refractivity contribution in [2.45, 2.75) is 18.9 Å². The fourth-order valence-corrected chi connectivity index (χ4v) is 2.80. The number of pyridine rings is 1. The van der Waals surface area contributed by atoms with Gasteiger partial charge >= 0.3 is 24.3 Å². The highest BCUT2D eigenvalue weighted by atomic mass is 19.4. The van der Waals surface area contributed by atoms with E-state index in [0.717, 1.165) is 18.4 Å². The summed E-state index contributed by atoms with van der Waals surface area (Å²) in [6.45, 7) is 5.93. The summed E-state index contributed by atoms with van der Waals surface area (Å²) in [5.41, 5.74) is 1.20. The van der Waals surface area contributed by atoms with Crippen molar-refractivity contribution in [2.75, 3.05) is 26.2 Å². The predicted molar refractivity (Wildman–Crippen MR) is 86.7 cm³/mol. The summed E-state index contributed by atoms with van der Waals surface area (Å²) in [5, 5.41) is 17.7. The second-order valence-corrected chi connectivity index (χ2v) is 6.30. The lowest BCUT2D eigenvalue weighted by atomic mass is 10.0. The van der Waals surface area contributed by atoms with Gasteiger partial charge in [-0.05, 0) is 37.1 Å². The topological polar surface area (TPSA) is 103 Å². The number of carbonyl (C=O) groups is 2. The van der Waals surface area contributed by atoms with E-state index in [1.807, 2.05) is 12.3 Å². The molecule has 0 spiro atoms. The molecule has 3 rings (SSSR count). The standard InChI is InChI=1S/C12H17N3.2C2HF3O2/c1-2-4-14-12(3-1)9-15-7-10-5-13-6-11(10)8-15;2*3-2(4,5)1(6)7/h1-4,10-11,13H,5-9H2;2*(H,6,7)/t10-,11+;;. The Hall–Kier alpha value is -2.41. The first-order valence-corrected chi connectivity index (χ1v) is 8.24. The van der Waals surface area contributed by atoms with E-state index in [1.165, 1.54) is 31.9 Å². The molecule has 29 heavy (non-hydrogen) atoms. The molecule has 0 aromatic carbocycles. The Morgan fingerprint density at radius 2 is 1.45 bits per heavy atom. The number of fused-ring (bicyclic) bond motifs is 1. The molecular weight excluding hydrogens is 412 g/mol. The van der Waals surface area contributed by atoms with Crippen LogP contribution in [0.2, 0.25) is 0 Å². The Bertz CT molecular complexity index is 633. The van der Waals surface area contributed by atoms with Gasteiger partial charge in [0.1, 0.15) is 0 Å². The molecule has 0 radical (unpaired) electrons. The molecule has 2 aliphatic heterocycles. The van der Waals surface area contributed by atoms with Gasteiger partial charge in [-0.25, -0.2) is 9.59 Å². The van der Waals surface area contributed by atoms with Gasteiger partial charge in [0.15, 0.2) is 0 Å². The number of hydrogen-bond donors (Lipinski definition) is 3. The van der Waals surface area contributed by atoms with Crippen molar-refractivity contribution in [1.82, 2.24) is 15.2 Å². The maximum absolute atomic E-state index is 10.6. The largest absolute Gasteiger partial charge is 0.490 e. The van der Waals surface area contributed by atoms with E-state index in [2.05, 4.69) is 27.3 Å². The van der Waals surface area contributed by atoms with Crippen LogP contribution in [0.5, 0.6) is 0 Å². The summed E-state index contributed by atoms with van der Waals surface area (Å²) in [5.74, 6) is -3.75. The molecule has 3 N–H and O–H groups in total. The average molecular weight is 431 g/mol. The van der Waals surface area contributed by atoms with Crippen LogP contribution in [0.3, 0.4) is 0 Å². The molecule has 0 bridgehead atoms. The first kappa shape index (κ1) is 24.6. The normalized spacial score (nSPS) is 21.3. The van der Waals surface area contributed by atoms with Gasteiger partial charge in [0.25, 0.3) is 0 Å². The van der Waals surface area contributed by atoms with Crippen LogP contribution in [-0.4, -0.2) is 70.6 Å². The molecule has 2 aliphatic rings. The molecule has 0 aliphatic carbocycles. The number of carboxylic acids is 2. The Morgan fingerprint density at radius 1 is 1.00 bits per heavy atom. The molecule has 164 valence electrons. The number of alkyl halides is 6. The van der Waals surface area contributed by atoms with Crippen molar-refractivity contribution in [3.05, 3.63) is 30.1 Å². The summed E-state index contributed by atoms with van der Waals surface area (Å²) in [6.07, 6.45) is -8.28. The van der Waals surface area contributed by atoms with Crippen LogP contribution in [0, 0.1) is 11.8 Å². The fourth-order valence-electron chi connectivity index (χ4n) is 2.80. The van der Waals surface area contributed by atoms with Crippen molar-refractivity contribution in [3.8, 4) is 0 Å². The van der Waals surface area contributed by atoms with Crippen molar-refractivity contribution in [3.63, 3.8) is 0 Å². The summed E-state index contributed by atoms with van der Waals surface area (Å²) < 4.78 is 63.5. The zero-order valence-corrected chi connectivity index (χ0v) is 14.9. The van der Waals surface area contributed by atoms with E-state index in [1.54, 1.807) is 0 Å². The molecule has 13 heteroatoms. The Kier molecular flexibility index (Phi) is 8.82. The summed E-state index contributed by atoms with van der Waals surface area (Å²) in [4.78, 5) is 24.7. The second kappa shape index (κ2) is 10.4. The monoisotopic (exact) mass is 431 g/mol. The number of rotatable bonds is 2. The third-order valence-corrected chi connectivity index (χ3v) is 4.06. The number of nitrogens with zero attached hydrogens (tertiary/aromatic N) is 2. The Balaban J connectivity index is 0.000000255. The second-order valence-electron chi connectivity index (χ2n) is 6.30. The zero-order chi connectivity index (χ0) is 22.2. The van der Waals surface area contributed by atoms with Gasteiger partial charge in [0.2, 0.25) is 0 Å². The SMILES string of the molecule is O=C(O)C(F)(F)F.O=C(O)C(F)(F)F.c1ccc(CN2C[C@H]3CNC[C@H]3C2)nc1. The van der Waals surface area contributed by atoms with E-state index in [-0.39, 0.29) is 0 Å². The molecule has 1 aromatic heterocycles. The molecule has 2 atom stereocenters. The number of hydrogen-bond acceptors (Lipinski definition) is 5. The lowest BCUT2D eigenvalue weighted by Gasteiger charge is -2.15. The molecule has 0 saturated carbocycles. The average Bonchev–Trinajstić information content (AvgIpc) is 3.16. The first-order valence-electron chi connectivity index (χ1n) is 8.24. The number of nitrogens with one attached hydrogen (secondary N) is 1. The number of carboxylic acid groups (broad SMARTS) is 2. The summed E-state index contributed by atoms with van der Waals surface area (Å²) >= 11 is 0. The van der Waals surface area contributed by atoms with Gasteiger partial charge < -0.3 is 15.5 Å². The van der Waals surface area contributed by atoms with Crippen molar-refractivity contribution in [1.29, 1.82) is 0 Å². The summed E-state index contributed by atoms with van der Waals surface area (Å²) in [6, 6.07) is 6.17. The minimum atomic E-state index is -5.08. The van der Waals surface area contributed by atoms with Crippen molar-refractivity contribution < 1.29 is 46.1 Å². The van der Waals surface area contributed by atoms with E-state index >= 15 is 0 Å². The van der Waals surface area contributed by atoms with E-state index in [9.17, 15) is 26.3 Å². The third kappa shape index (κ3) is 9.09. The lowest BCUT2D eigenvalue weighted by Crippen LogP contribution is -2.25. The number of halogens is 6. The highest BCUT2D eigenvalue weighted by Gasteiger charge is 2.39. The van der Waals surface area contributed by atoms with Gasteiger partial charge in [-0.1, -0.05) is 6.07 Å². The first-order chi connectivity index (χ1) is 13.3. The maximum Gasteiger partial charge on any atom is 0.490 e. The van der Waals surface area contributed by atoms with Crippen LogP contribution in [-0.2, 0) is 16.1 Å². The van der Waals surface area contributed by atoms with Crippen LogP contribution in [0.25, 0.3) is 0 Å². The van der Waals surface area contributed by atoms with Crippen molar-refractivity contribution >= 4 is 11.9 Å². The van der Waals surface area contributed by atoms with Crippen LogP contribution in [0.15, 0.2) is 24.4 Å². The molecule has 0 unspecified atom stereocenters. The van der Waals surface area contributed by atoms with Crippen LogP contribution in [0.4, 0.5) is 26.3 Å². The minimum absolute atomic E-state index is 0.883. The third-order valence-electron chi connectivity index (χ3n) is 4.06. The molecule has 7 nitrogen and oxygen atoms in total. The lowest BCUT2D eigenvalue weighted by molar-refractivity contribution is -0.193. The zero-order valence-electron chi connectivity index (χ0n) is 14.9. The Labute approximate surface area is 161 Å². The number of aliphatic carboxylic acids is 2. The van der Waals surface area contributed by atoms with Crippen molar-refractivity contribution in [2.24, 2.45) is 11.8 Å². The summed E-state index contributed by atoms with van der Waals surface area (Å²) in [7, 11) is 0. The Morgan fingerprint density at radius 3 is 1.79 bits per heavy atom. The number of aromatic nitrogens is 1. The van der Waals surface area contributed by atoms with Gasteiger partial charge in [0.05, 0.1) is 5.69 Å². The van der Waals surface area contributed by atoms with Crippen LogP contribution < -0.4 is 5.32 Å². The molecule has 2 saturated heterocycles. The molecule has 3 heterocycles. The minimum Gasteiger partial charge on any atom is -0.475 e. The van der Waals surface area contributed by atoms with Crippen LogP contribution >= 0.6 is 0 Å². The quantitative estimate of drug-likeness (QED) is 0.616. The molecule has 1 aromatic rings. The highest BCUT2D eigenvalue weighted by Crippen LogP contribution is 2.26. The van der Waals surface area contributed by atoms with Gasteiger partial charge in [0, 0.05) is 25.8 Å². The van der Waals surface area contributed by atoms with Crippen LogP contribution in [0.1, 0.15) is 5.69 Å². The molecule has 2 fully saturated rings. The van der Waals surface area contributed by atoms with Gasteiger partial charge in [-0.3, -0.25) is 9.88 Å². The number of likely N-dealkylation sites (tertiary alicyclic amines) is 1. The van der Waals surface area contributed by atoms with E-state index in [0.29, 0.717) is 0 Å². The van der Waals surface area contributed by atoms with Gasteiger partial charge in [-0.15, -0.1) is 0 Å². The molecule has 0 amide bonds. The van der Waals surface area contributed by atoms with E-state index in [4.69, 9.17) is 19.8 Å². The van der Waals surface area contributed by atoms with E-state index < -0.39 is 24.3 Å². The highest BCUT2D eigenvalue weighted by molar-refractivity contribution is 5.73. The molecular formula is C16H19F6N3O4. The smallest absolute Gasteiger partial charge is 0.475 e. The van der Waals surface area contributed by atoms with Gasteiger partial charge in [-0.2, -0.15) is 26.3 Å². The maximum atomic E-state index is 10.6. The fraction of sp³-hybridized carbons (Fsp3) is 0.562. The predicted octanol–water partition coefficient (Wildman–Crippen LogP) is 2.00.